The van der Waals surface area contributed by atoms with Gasteiger partial charge in [0.2, 0.25) is 0 Å². The maximum atomic E-state index is 12.0. The van der Waals surface area contributed by atoms with Crippen LogP contribution >= 0.6 is 11.3 Å². The van der Waals surface area contributed by atoms with Gasteiger partial charge in [-0.2, -0.15) is 0 Å². The zero-order valence-electron chi connectivity index (χ0n) is 10.9. The Morgan fingerprint density at radius 2 is 2.41 bits per heavy atom. The van der Waals surface area contributed by atoms with Gasteiger partial charge >= 0.3 is 0 Å². The van der Waals surface area contributed by atoms with Gasteiger partial charge in [0.25, 0.3) is 5.91 Å². The molecule has 0 saturated carbocycles. The highest BCUT2D eigenvalue weighted by Crippen LogP contribution is 2.32. The molecule has 1 aromatic heterocycles. The molecule has 2 atom stereocenters. The topological polar surface area (TPSA) is 29.1 Å². The van der Waals surface area contributed by atoms with Gasteiger partial charge in [0.05, 0.1) is 4.88 Å². The molecule has 1 amide bonds. The highest BCUT2D eigenvalue weighted by molar-refractivity contribution is 7.14. The van der Waals surface area contributed by atoms with E-state index in [2.05, 4.69) is 25.2 Å². The van der Waals surface area contributed by atoms with Crippen LogP contribution in [-0.4, -0.2) is 11.9 Å². The molecule has 1 aliphatic carbocycles. The van der Waals surface area contributed by atoms with Crippen LogP contribution in [-0.2, 0) is 12.8 Å². The molecule has 1 heterocycles. The molecule has 1 aromatic rings. The predicted octanol–water partition coefficient (Wildman–Crippen LogP) is 3.40. The molecule has 3 heteroatoms. The molecule has 2 unspecified atom stereocenters. The van der Waals surface area contributed by atoms with E-state index in [9.17, 15) is 4.79 Å². The van der Waals surface area contributed by atoms with Crippen LogP contribution in [0.4, 0.5) is 0 Å². The van der Waals surface area contributed by atoms with Gasteiger partial charge in [-0.15, -0.1) is 11.3 Å². The van der Waals surface area contributed by atoms with Crippen LogP contribution < -0.4 is 5.32 Å². The zero-order valence-corrected chi connectivity index (χ0v) is 11.7. The second kappa shape index (κ2) is 5.21. The minimum absolute atomic E-state index is 0.103. The summed E-state index contributed by atoms with van der Waals surface area (Å²) in [5.41, 5.74) is 1.41. The van der Waals surface area contributed by atoms with E-state index in [4.69, 9.17) is 0 Å². The third-order valence-electron chi connectivity index (χ3n) is 3.54. The first-order valence-corrected chi connectivity index (χ1v) is 7.34. The Morgan fingerprint density at radius 1 is 1.65 bits per heavy atom. The lowest BCUT2D eigenvalue weighted by Gasteiger charge is -2.16. The van der Waals surface area contributed by atoms with Crippen molar-refractivity contribution >= 4 is 17.2 Å². The molecule has 0 aliphatic heterocycles. The molecule has 0 fully saturated rings. The number of rotatable bonds is 3. The molecular formula is C14H21NOS. The quantitative estimate of drug-likeness (QED) is 0.876. The van der Waals surface area contributed by atoms with Crippen LogP contribution in [0, 0.1) is 5.92 Å². The van der Waals surface area contributed by atoms with Gasteiger partial charge in [0, 0.05) is 10.9 Å². The smallest absolute Gasteiger partial charge is 0.261 e. The van der Waals surface area contributed by atoms with Gasteiger partial charge in [0.15, 0.2) is 0 Å². The number of amides is 1. The zero-order chi connectivity index (χ0) is 12.4. The minimum atomic E-state index is 0.103. The van der Waals surface area contributed by atoms with E-state index in [1.54, 1.807) is 11.3 Å². The summed E-state index contributed by atoms with van der Waals surface area (Å²) in [6.45, 7) is 6.43. The Balaban J connectivity index is 2.10. The lowest BCUT2D eigenvalue weighted by molar-refractivity contribution is 0.0943. The summed E-state index contributed by atoms with van der Waals surface area (Å²) < 4.78 is 0. The van der Waals surface area contributed by atoms with Crippen molar-refractivity contribution in [1.29, 1.82) is 0 Å². The van der Waals surface area contributed by atoms with Crippen molar-refractivity contribution in [2.45, 2.75) is 52.5 Å². The summed E-state index contributed by atoms with van der Waals surface area (Å²) >= 11 is 1.69. The molecule has 0 bridgehead atoms. The maximum absolute atomic E-state index is 12.0. The molecule has 94 valence electrons. The Morgan fingerprint density at radius 3 is 3.12 bits per heavy atom. The molecule has 17 heavy (non-hydrogen) atoms. The monoisotopic (exact) mass is 251 g/mol. The average molecular weight is 251 g/mol. The number of carbonyl (C=O) groups is 1. The van der Waals surface area contributed by atoms with E-state index in [1.807, 2.05) is 6.92 Å². The second-order valence-corrected chi connectivity index (χ2v) is 6.33. The summed E-state index contributed by atoms with van der Waals surface area (Å²) in [5, 5.41) is 3.04. The number of fused-ring (bicyclic) bond motifs is 1. The van der Waals surface area contributed by atoms with E-state index in [0.29, 0.717) is 0 Å². The lowest BCUT2D eigenvalue weighted by Crippen LogP contribution is -2.31. The third kappa shape index (κ3) is 2.89. The van der Waals surface area contributed by atoms with Crippen molar-refractivity contribution < 1.29 is 4.79 Å². The molecule has 1 aliphatic rings. The van der Waals surface area contributed by atoms with Crippen molar-refractivity contribution in [2.75, 3.05) is 0 Å². The van der Waals surface area contributed by atoms with Crippen molar-refractivity contribution in [1.82, 2.24) is 5.32 Å². The summed E-state index contributed by atoms with van der Waals surface area (Å²) in [4.78, 5) is 14.3. The van der Waals surface area contributed by atoms with Gasteiger partial charge in [-0.25, -0.2) is 0 Å². The van der Waals surface area contributed by atoms with Gasteiger partial charge in [-0.05, 0) is 50.2 Å². The van der Waals surface area contributed by atoms with Crippen LogP contribution in [0.3, 0.4) is 0 Å². The largest absolute Gasteiger partial charge is 0.349 e. The van der Waals surface area contributed by atoms with E-state index >= 15 is 0 Å². The van der Waals surface area contributed by atoms with Crippen LogP contribution in [0.25, 0.3) is 0 Å². The van der Waals surface area contributed by atoms with Gasteiger partial charge in [-0.1, -0.05) is 13.8 Å². The molecule has 2 rings (SSSR count). The normalized spacial score (nSPS) is 20.8. The third-order valence-corrected chi connectivity index (χ3v) is 4.78. The standard InChI is InChI=1S/C14H21NOS/c1-4-10(3)15-14(16)13-8-11-7-9(2)5-6-12(11)17-13/h8-10H,4-7H2,1-3H3,(H,15,16). The van der Waals surface area contributed by atoms with E-state index < -0.39 is 0 Å². The number of nitrogens with one attached hydrogen (secondary N) is 1. The van der Waals surface area contributed by atoms with Crippen molar-refractivity contribution in [2.24, 2.45) is 5.92 Å². The van der Waals surface area contributed by atoms with Crippen molar-refractivity contribution in [3.05, 3.63) is 21.4 Å². The van der Waals surface area contributed by atoms with E-state index in [1.165, 1.54) is 16.9 Å². The summed E-state index contributed by atoms with van der Waals surface area (Å²) in [6.07, 6.45) is 4.54. The molecular weight excluding hydrogens is 230 g/mol. The van der Waals surface area contributed by atoms with E-state index in [0.717, 1.165) is 30.1 Å². The van der Waals surface area contributed by atoms with Crippen LogP contribution in [0.5, 0.6) is 0 Å². The highest BCUT2D eigenvalue weighted by Gasteiger charge is 2.20. The summed E-state index contributed by atoms with van der Waals surface area (Å²) in [5.74, 6) is 0.869. The summed E-state index contributed by atoms with van der Waals surface area (Å²) in [7, 11) is 0. The molecule has 0 saturated heterocycles. The molecule has 0 radical (unpaired) electrons. The fraction of sp³-hybridized carbons (Fsp3) is 0.643. The number of carbonyl (C=O) groups excluding carboxylic acids is 1. The average Bonchev–Trinajstić information content (AvgIpc) is 2.71. The Labute approximate surface area is 107 Å². The van der Waals surface area contributed by atoms with Crippen molar-refractivity contribution in [3.63, 3.8) is 0 Å². The van der Waals surface area contributed by atoms with Crippen molar-refractivity contribution in [3.8, 4) is 0 Å². The fourth-order valence-corrected chi connectivity index (χ4v) is 3.33. The molecule has 0 aromatic carbocycles. The second-order valence-electron chi connectivity index (χ2n) is 5.19. The molecule has 1 N–H and O–H groups in total. The van der Waals surface area contributed by atoms with Gasteiger partial charge < -0.3 is 5.32 Å². The summed E-state index contributed by atoms with van der Waals surface area (Å²) in [6, 6.07) is 2.37. The first-order valence-electron chi connectivity index (χ1n) is 6.52. The number of hydrogen-bond donors (Lipinski definition) is 1. The number of thiophene rings is 1. The Bertz CT molecular complexity index is 410. The van der Waals surface area contributed by atoms with Crippen LogP contribution in [0.15, 0.2) is 6.07 Å². The minimum Gasteiger partial charge on any atom is -0.349 e. The van der Waals surface area contributed by atoms with Gasteiger partial charge in [0.1, 0.15) is 0 Å². The number of hydrogen-bond acceptors (Lipinski definition) is 2. The maximum Gasteiger partial charge on any atom is 0.261 e. The lowest BCUT2D eigenvalue weighted by atomic mass is 9.90. The first kappa shape index (κ1) is 12.6. The Hall–Kier alpha value is -0.830. The SMILES string of the molecule is CCC(C)NC(=O)c1cc2c(s1)CCC(C)C2. The van der Waals surface area contributed by atoms with E-state index in [-0.39, 0.29) is 11.9 Å². The van der Waals surface area contributed by atoms with Crippen LogP contribution in [0.2, 0.25) is 0 Å². The fourth-order valence-electron chi connectivity index (χ4n) is 2.21. The first-order chi connectivity index (χ1) is 8.10. The van der Waals surface area contributed by atoms with Gasteiger partial charge in [-0.3, -0.25) is 4.79 Å². The Kier molecular flexibility index (Phi) is 3.87. The molecule has 2 nitrogen and oxygen atoms in total. The molecule has 0 spiro atoms. The number of aryl methyl sites for hydroxylation is 1. The predicted molar refractivity (Wildman–Crippen MR) is 72.7 cm³/mol. The highest BCUT2D eigenvalue weighted by atomic mass is 32.1. The van der Waals surface area contributed by atoms with Crippen LogP contribution in [0.1, 0.15) is 53.7 Å².